The average molecular weight is 306 g/mol. The molecule has 4 rings (SSSR count). The van der Waals surface area contributed by atoms with Crippen molar-refractivity contribution in [1.29, 1.82) is 0 Å². The van der Waals surface area contributed by atoms with Crippen molar-refractivity contribution >= 4 is 5.69 Å². The summed E-state index contributed by atoms with van der Waals surface area (Å²) in [7, 11) is 0. The molecule has 1 aliphatic rings. The Hall–Kier alpha value is -2.76. The van der Waals surface area contributed by atoms with Crippen LogP contribution in [0, 0.1) is 0 Å². The number of hydrogen-bond donors (Lipinski definition) is 1. The summed E-state index contributed by atoms with van der Waals surface area (Å²) in [6.45, 7) is 2.12. The molecule has 1 unspecified atom stereocenters. The van der Waals surface area contributed by atoms with Gasteiger partial charge in [-0.1, -0.05) is 6.07 Å². The third-order valence-electron chi connectivity index (χ3n) is 4.10. The fraction of sp³-hybridized carbons (Fsp3) is 0.294. The van der Waals surface area contributed by atoms with E-state index in [2.05, 4.69) is 63.1 Å². The molecular weight excluding hydrogens is 288 g/mol. The number of nitrogens with zero attached hydrogens (tertiary/aromatic N) is 5. The van der Waals surface area contributed by atoms with E-state index in [9.17, 15) is 0 Å². The Morgan fingerprint density at radius 3 is 2.70 bits per heavy atom. The molecule has 0 amide bonds. The number of rotatable bonds is 5. The van der Waals surface area contributed by atoms with Gasteiger partial charge in [0.15, 0.2) is 5.82 Å². The van der Waals surface area contributed by atoms with Crippen molar-refractivity contribution in [3.63, 3.8) is 0 Å². The van der Waals surface area contributed by atoms with Crippen molar-refractivity contribution < 1.29 is 0 Å². The predicted molar refractivity (Wildman–Crippen MR) is 87.8 cm³/mol. The fourth-order valence-electron chi connectivity index (χ4n) is 2.63. The molecule has 116 valence electrons. The zero-order chi connectivity index (χ0) is 15.6. The van der Waals surface area contributed by atoms with Crippen molar-refractivity contribution in [1.82, 2.24) is 25.2 Å². The molecule has 2 heterocycles. The first-order chi connectivity index (χ1) is 11.3. The first kappa shape index (κ1) is 13.9. The van der Waals surface area contributed by atoms with E-state index in [1.807, 2.05) is 16.9 Å². The third kappa shape index (κ3) is 2.92. The molecule has 1 saturated carbocycles. The molecule has 3 aromatic rings. The van der Waals surface area contributed by atoms with E-state index in [1.54, 1.807) is 6.20 Å². The summed E-state index contributed by atoms with van der Waals surface area (Å²) in [6, 6.07) is 12.9. The Balaban J connectivity index is 1.51. The molecule has 1 aromatic carbocycles. The lowest BCUT2D eigenvalue weighted by atomic mass is 10.1. The molecule has 0 radical (unpaired) electrons. The number of benzene rings is 1. The number of hydrogen-bond acceptors (Lipinski definition) is 5. The van der Waals surface area contributed by atoms with Crippen LogP contribution in [0.1, 0.15) is 37.4 Å². The summed E-state index contributed by atoms with van der Waals surface area (Å²) in [5, 5.41) is 15.5. The standard InChI is InChI=1S/C17H18N6/c1-12(14-3-2-10-18-11-14)19-15-6-4-13(5-7-15)17-20-21-22-23(17)16-8-9-16/h2-7,10-12,16,19H,8-9H2,1H3. The highest BCUT2D eigenvalue weighted by molar-refractivity contribution is 5.60. The van der Waals surface area contributed by atoms with Crippen molar-refractivity contribution in [3.05, 3.63) is 54.4 Å². The van der Waals surface area contributed by atoms with Gasteiger partial charge in [-0.2, -0.15) is 0 Å². The molecule has 6 heteroatoms. The van der Waals surface area contributed by atoms with Crippen LogP contribution in [0.25, 0.3) is 11.4 Å². The minimum absolute atomic E-state index is 0.200. The average Bonchev–Trinajstić information content (AvgIpc) is 3.33. The van der Waals surface area contributed by atoms with Gasteiger partial charge in [-0.15, -0.1) is 5.10 Å². The molecule has 1 fully saturated rings. The monoisotopic (exact) mass is 306 g/mol. The van der Waals surface area contributed by atoms with Gasteiger partial charge in [0.05, 0.1) is 12.1 Å². The van der Waals surface area contributed by atoms with Crippen molar-refractivity contribution in [3.8, 4) is 11.4 Å². The van der Waals surface area contributed by atoms with E-state index < -0.39 is 0 Å². The van der Waals surface area contributed by atoms with Crippen LogP contribution in [-0.4, -0.2) is 25.2 Å². The maximum atomic E-state index is 4.16. The second kappa shape index (κ2) is 5.79. The minimum Gasteiger partial charge on any atom is -0.378 e. The molecule has 0 aliphatic heterocycles. The van der Waals surface area contributed by atoms with E-state index in [0.29, 0.717) is 6.04 Å². The van der Waals surface area contributed by atoms with Gasteiger partial charge in [-0.25, -0.2) is 4.68 Å². The summed E-state index contributed by atoms with van der Waals surface area (Å²) in [6.07, 6.45) is 6.01. The molecule has 0 spiro atoms. The summed E-state index contributed by atoms with van der Waals surface area (Å²) < 4.78 is 1.93. The second-order valence-electron chi connectivity index (χ2n) is 5.91. The van der Waals surface area contributed by atoms with Crippen LogP contribution < -0.4 is 5.32 Å². The predicted octanol–water partition coefficient (Wildman–Crippen LogP) is 3.24. The van der Waals surface area contributed by atoms with Gasteiger partial charge in [-0.05, 0) is 66.1 Å². The van der Waals surface area contributed by atoms with Gasteiger partial charge in [0.2, 0.25) is 0 Å². The normalized spacial score (nSPS) is 15.3. The van der Waals surface area contributed by atoms with Gasteiger partial charge in [0, 0.05) is 23.6 Å². The van der Waals surface area contributed by atoms with Crippen LogP contribution in [0.15, 0.2) is 48.8 Å². The highest BCUT2D eigenvalue weighted by atomic mass is 15.6. The Kier molecular flexibility index (Phi) is 3.49. The number of aromatic nitrogens is 5. The molecule has 1 N–H and O–H groups in total. The van der Waals surface area contributed by atoms with Crippen LogP contribution in [0.5, 0.6) is 0 Å². The molecule has 0 saturated heterocycles. The first-order valence-electron chi connectivity index (χ1n) is 7.86. The zero-order valence-corrected chi connectivity index (χ0v) is 12.9. The maximum absolute atomic E-state index is 4.16. The third-order valence-corrected chi connectivity index (χ3v) is 4.10. The maximum Gasteiger partial charge on any atom is 0.182 e. The topological polar surface area (TPSA) is 68.5 Å². The number of tetrazole rings is 1. The van der Waals surface area contributed by atoms with Crippen LogP contribution in [0.3, 0.4) is 0 Å². The molecule has 6 nitrogen and oxygen atoms in total. The molecule has 0 bridgehead atoms. The summed E-state index contributed by atoms with van der Waals surface area (Å²) in [4.78, 5) is 4.16. The molecular formula is C17H18N6. The van der Waals surface area contributed by atoms with E-state index in [0.717, 1.165) is 22.6 Å². The van der Waals surface area contributed by atoms with Gasteiger partial charge >= 0.3 is 0 Å². The largest absolute Gasteiger partial charge is 0.378 e. The lowest BCUT2D eigenvalue weighted by Gasteiger charge is -2.15. The van der Waals surface area contributed by atoms with Gasteiger partial charge in [0.25, 0.3) is 0 Å². The quantitative estimate of drug-likeness (QED) is 0.783. The van der Waals surface area contributed by atoms with E-state index in [4.69, 9.17) is 0 Å². The number of pyridine rings is 1. The number of anilines is 1. The van der Waals surface area contributed by atoms with Crippen LogP contribution in [-0.2, 0) is 0 Å². The van der Waals surface area contributed by atoms with Crippen molar-refractivity contribution in [2.75, 3.05) is 5.32 Å². The first-order valence-corrected chi connectivity index (χ1v) is 7.86. The molecule has 1 aliphatic carbocycles. The highest BCUT2D eigenvalue weighted by Crippen LogP contribution is 2.36. The Morgan fingerprint density at radius 1 is 1.17 bits per heavy atom. The van der Waals surface area contributed by atoms with Crippen LogP contribution in [0.4, 0.5) is 5.69 Å². The summed E-state index contributed by atoms with van der Waals surface area (Å²) >= 11 is 0. The van der Waals surface area contributed by atoms with Gasteiger partial charge in [-0.3, -0.25) is 4.98 Å². The summed E-state index contributed by atoms with van der Waals surface area (Å²) in [5.41, 5.74) is 3.27. The Bertz CT molecular complexity index is 776. The van der Waals surface area contributed by atoms with E-state index in [-0.39, 0.29) is 6.04 Å². The SMILES string of the molecule is CC(Nc1ccc(-c2nnnn2C2CC2)cc1)c1cccnc1. The number of nitrogens with one attached hydrogen (secondary N) is 1. The zero-order valence-electron chi connectivity index (χ0n) is 12.9. The van der Waals surface area contributed by atoms with Crippen LogP contribution >= 0.6 is 0 Å². The minimum atomic E-state index is 0.200. The molecule has 1 atom stereocenters. The van der Waals surface area contributed by atoms with Crippen molar-refractivity contribution in [2.24, 2.45) is 0 Å². The smallest absolute Gasteiger partial charge is 0.182 e. The van der Waals surface area contributed by atoms with E-state index >= 15 is 0 Å². The fourth-order valence-corrected chi connectivity index (χ4v) is 2.63. The lowest BCUT2D eigenvalue weighted by Crippen LogP contribution is -2.06. The molecule has 23 heavy (non-hydrogen) atoms. The molecule has 2 aromatic heterocycles. The lowest BCUT2D eigenvalue weighted by molar-refractivity contribution is 0.615. The van der Waals surface area contributed by atoms with Crippen LogP contribution in [0.2, 0.25) is 0 Å². The highest BCUT2D eigenvalue weighted by Gasteiger charge is 2.28. The Morgan fingerprint density at radius 2 is 2.00 bits per heavy atom. The van der Waals surface area contributed by atoms with Gasteiger partial charge < -0.3 is 5.32 Å². The second-order valence-corrected chi connectivity index (χ2v) is 5.91. The summed E-state index contributed by atoms with van der Waals surface area (Å²) in [5.74, 6) is 0.847. The van der Waals surface area contributed by atoms with Crippen molar-refractivity contribution in [2.45, 2.75) is 31.8 Å². The Labute approximate surface area is 134 Å². The van der Waals surface area contributed by atoms with E-state index in [1.165, 1.54) is 12.8 Å². The van der Waals surface area contributed by atoms with Gasteiger partial charge in [0.1, 0.15) is 0 Å².